The fourth-order valence-corrected chi connectivity index (χ4v) is 3.34. The number of carbonyl (C=O) groups excluding carboxylic acids is 1. The molecule has 2 aromatic carbocycles. The number of aliphatic imine (C=N–C) groups is 1. The average Bonchev–Trinajstić information content (AvgIpc) is 3.09. The summed E-state index contributed by atoms with van der Waals surface area (Å²) >= 11 is 0. The van der Waals surface area contributed by atoms with E-state index < -0.39 is 0 Å². The Labute approximate surface area is 188 Å². The van der Waals surface area contributed by atoms with Crippen LogP contribution in [0.3, 0.4) is 0 Å². The van der Waals surface area contributed by atoms with E-state index in [2.05, 4.69) is 33.8 Å². The summed E-state index contributed by atoms with van der Waals surface area (Å²) < 4.78 is 13.4. The second kappa shape index (κ2) is 11.1. The van der Waals surface area contributed by atoms with E-state index in [1.54, 1.807) is 20.0 Å². The summed E-state index contributed by atoms with van der Waals surface area (Å²) in [5, 5.41) is 6.54. The Morgan fingerprint density at radius 2 is 1.79 bits per heavy atom. The maximum atomic E-state index is 13.4. The zero-order chi connectivity index (χ0) is 19.9. The Morgan fingerprint density at radius 1 is 1.10 bits per heavy atom. The molecule has 0 spiro atoms. The van der Waals surface area contributed by atoms with Gasteiger partial charge in [0, 0.05) is 39.6 Å². The van der Waals surface area contributed by atoms with Crippen LogP contribution in [0.25, 0.3) is 0 Å². The van der Waals surface area contributed by atoms with Gasteiger partial charge in [-0.05, 0) is 41.7 Å². The topological polar surface area (TPSA) is 56.7 Å². The normalized spacial score (nSPS) is 14.0. The number of halogens is 2. The lowest BCUT2D eigenvalue weighted by molar-refractivity contribution is -0.128. The van der Waals surface area contributed by atoms with Gasteiger partial charge in [-0.15, -0.1) is 24.0 Å². The highest BCUT2D eigenvalue weighted by Crippen LogP contribution is 2.15. The molecule has 5 nitrogen and oxygen atoms in total. The molecule has 0 radical (unpaired) electrons. The Morgan fingerprint density at radius 3 is 2.41 bits per heavy atom. The molecule has 0 saturated carbocycles. The molecule has 29 heavy (non-hydrogen) atoms. The number of nitrogens with one attached hydrogen (secondary N) is 2. The summed E-state index contributed by atoms with van der Waals surface area (Å²) in [4.78, 5) is 18.0. The molecular weight excluding hydrogens is 482 g/mol. The van der Waals surface area contributed by atoms with Crippen molar-refractivity contribution in [2.24, 2.45) is 4.99 Å². The zero-order valence-corrected chi connectivity index (χ0v) is 19.2. The van der Waals surface area contributed by atoms with E-state index in [4.69, 9.17) is 0 Å². The van der Waals surface area contributed by atoms with Gasteiger partial charge in [-0.1, -0.05) is 36.4 Å². The number of benzene rings is 2. The van der Waals surface area contributed by atoms with Gasteiger partial charge >= 0.3 is 0 Å². The van der Waals surface area contributed by atoms with E-state index in [1.807, 2.05) is 17.0 Å². The standard InChI is InChI=1S/C22H27FN4O.HI/c1-16-11-18(8-9-20(16)23)14-26-22(24-2)25-13-17-5-3-6-19(12-17)15-27-10-4-7-21(27)28;/h3,5-6,8-9,11-12H,4,7,10,13-15H2,1-2H3,(H2,24,25,26);1H. The molecule has 1 amide bonds. The average molecular weight is 510 g/mol. The molecule has 1 heterocycles. The van der Waals surface area contributed by atoms with Gasteiger partial charge in [-0.2, -0.15) is 0 Å². The first kappa shape index (κ1) is 23.1. The summed E-state index contributed by atoms with van der Waals surface area (Å²) in [5.74, 6) is 0.730. The van der Waals surface area contributed by atoms with Crippen molar-refractivity contribution >= 4 is 35.8 Å². The number of amides is 1. The van der Waals surface area contributed by atoms with Crippen molar-refractivity contribution in [3.63, 3.8) is 0 Å². The molecule has 1 fully saturated rings. The van der Waals surface area contributed by atoms with Crippen molar-refractivity contribution in [1.29, 1.82) is 0 Å². The molecule has 3 rings (SSSR count). The number of carbonyl (C=O) groups is 1. The van der Waals surface area contributed by atoms with Gasteiger partial charge in [0.15, 0.2) is 5.96 Å². The fraction of sp³-hybridized carbons (Fsp3) is 0.364. The Kier molecular flexibility index (Phi) is 8.88. The SMILES string of the molecule is CN=C(NCc1cccc(CN2CCCC2=O)c1)NCc1ccc(F)c(C)c1.I. The predicted molar refractivity (Wildman–Crippen MR) is 125 cm³/mol. The van der Waals surface area contributed by atoms with Crippen molar-refractivity contribution in [1.82, 2.24) is 15.5 Å². The minimum atomic E-state index is -0.193. The first-order chi connectivity index (χ1) is 13.5. The predicted octanol–water partition coefficient (Wildman–Crippen LogP) is 3.74. The number of guanidine groups is 1. The Balaban J connectivity index is 0.00000300. The Bertz CT molecular complexity index is 872. The van der Waals surface area contributed by atoms with E-state index >= 15 is 0 Å². The van der Waals surface area contributed by atoms with Crippen LogP contribution >= 0.6 is 24.0 Å². The van der Waals surface area contributed by atoms with Gasteiger partial charge in [0.25, 0.3) is 0 Å². The third-order valence-electron chi connectivity index (χ3n) is 4.90. The van der Waals surface area contributed by atoms with Gasteiger partial charge in [0.1, 0.15) is 5.82 Å². The third-order valence-corrected chi connectivity index (χ3v) is 4.90. The van der Waals surface area contributed by atoms with E-state index in [0.29, 0.717) is 37.6 Å². The molecule has 0 unspecified atom stereocenters. The van der Waals surface area contributed by atoms with Crippen LogP contribution in [0.15, 0.2) is 47.5 Å². The van der Waals surface area contributed by atoms with Gasteiger partial charge < -0.3 is 15.5 Å². The highest BCUT2D eigenvalue weighted by atomic mass is 127. The maximum Gasteiger partial charge on any atom is 0.222 e. The number of aryl methyl sites for hydroxylation is 1. The quantitative estimate of drug-likeness (QED) is 0.354. The minimum absolute atomic E-state index is 0. The first-order valence-corrected chi connectivity index (χ1v) is 9.60. The molecular formula is C22H28FIN4O. The van der Waals surface area contributed by atoms with Crippen molar-refractivity contribution in [2.45, 2.75) is 39.4 Å². The molecule has 7 heteroatoms. The van der Waals surface area contributed by atoms with Crippen molar-refractivity contribution in [3.8, 4) is 0 Å². The van der Waals surface area contributed by atoms with Crippen molar-refractivity contribution in [2.75, 3.05) is 13.6 Å². The molecule has 0 aliphatic carbocycles. The summed E-state index contributed by atoms with van der Waals surface area (Å²) in [7, 11) is 1.72. The largest absolute Gasteiger partial charge is 0.352 e. The lowest BCUT2D eigenvalue weighted by Crippen LogP contribution is -2.36. The molecule has 0 aromatic heterocycles. The monoisotopic (exact) mass is 510 g/mol. The van der Waals surface area contributed by atoms with Crippen LogP contribution in [-0.2, 0) is 24.4 Å². The van der Waals surface area contributed by atoms with E-state index in [0.717, 1.165) is 29.7 Å². The summed E-state index contributed by atoms with van der Waals surface area (Å²) in [6.07, 6.45) is 1.62. The van der Waals surface area contributed by atoms with Crippen LogP contribution in [0.2, 0.25) is 0 Å². The number of hydrogen-bond acceptors (Lipinski definition) is 2. The lowest BCUT2D eigenvalue weighted by Gasteiger charge is -2.16. The fourth-order valence-electron chi connectivity index (χ4n) is 3.34. The minimum Gasteiger partial charge on any atom is -0.352 e. The van der Waals surface area contributed by atoms with Crippen molar-refractivity contribution < 1.29 is 9.18 Å². The molecule has 156 valence electrons. The molecule has 1 saturated heterocycles. The van der Waals surface area contributed by atoms with Crippen LogP contribution in [0.4, 0.5) is 4.39 Å². The second-order valence-corrected chi connectivity index (χ2v) is 7.10. The summed E-state index contributed by atoms with van der Waals surface area (Å²) in [5.41, 5.74) is 3.90. The van der Waals surface area contributed by atoms with Crippen LogP contribution in [0.5, 0.6) is 0 Å². The number of hydrogen-bond donors (Lipinski definition) is 2. The first-order valence-electron chi connectivity index (χ1n) is 9.60. The van der Waals surface area contributed by atoms with Gasteiger partial charge in [-0.3, -0.25) is 9.79 Å². The van der Waals surface area contributed by atoms with Gasteiger partial charge in [0.05, 0.1) is 0 Å². The van der Waals surface area contributed by atoms with Crippen LogP contribution in [0.1, 0.15) is 35.1 Å². The molecule has 2 aromatic rings. The molecule has 2 N–H and O–H groups in total. The van der Waals surface area contributed by atoms with Gasteiger partial charge in [-0.25, -0.2) is 4.39 Å². The molecule has 1 aliphatic rings. The summed E-state index contributed by atoms with van der Waals surface area (Å²) in [6, 6.07) is 13.3. The third kappa shape index (κ3) is 6.69. The van der Waals surface area contributed by atoms with Crippen molar-refractivity contribution in [3.05, 3.63) is 70.5 Å². The number of likely N-dealkylation sites (tertiary alicyclic amines) is 1. The van der Waals surface area contributed by atoms with E-state index in [9.17, 15) is 9.18 Å². The molecule has 1 aliphatic heterocycles. The Hall–Kier alpha value is -2.16. The van der Waals surface area contributed by atoms with Crippen LogP contribution in [0, 0.1) is 12.7 Å². The molecule has 0 bridgehead atoms. The molecule has 0 atom stereocenters. The van der Waals surface area contributed by atoms with E-state index in [1.165, 1.54) is 6.07 Å². The second-order valence-electron chi connectivity index (χ2n) is 7.10. The van der Waals surface area contributed by atoms with E-state index in [-0.39, 0.29) is 35.7 Å². The highest BCUT2D eigenvalue weighted by molar-refractivity contribution is 14.0. The zero-order valence-electron chi connectivity index (χ0n) is 16.9. The van der Waals surface area contributed by atoms with Crippen LogP contribution in [-0.4, -0.2) is 30.4 Å². The smallest absolute Gasteiger partial charge is 0.222 e. The number of rotatable bonds is 6. The maximum absolute atomic E-state index is 13.4. The van der Waals surface area contributed by atoms with Gasteiger partial charge in [0.2, 0.25) is 5.91 Å². The lowest BCUT2D eigenvalue weighted by atomic mass is 10.1. The highest BCUT2D eigenvalue weighted by Gasteiger charge is 2.19. The summed E-state index contributed by atoms with van der Waals surface area (Å²) in [6.45, 7) is 4.47. The number of nitrogens with zero attached hydrogens (tertiary/aromatic N) is 2. The van der Waals surface area contributed by atoms with Crippen LogP contribution < -0.4 is 10.6 Å².